The van der Waals surface area contributed by atoms with Crippen molar-refractivity contribution in [1.29, 1.82) is 0 Å². The number of unbranched alkanes of at least 4 members (excludes halogenated alkanes) is 1. The van der Waals surface area contributed by atoms with E-state index >= 15 is 0 Å². The molecule has 6 nitrogen and oxygen atoms in total. The highest BCUT2D eigenvalue weighted by Crippen LogP contribution is 2.22. The zero-order valence-electron chi connectivity index (χ0n) is 17.6. The van der Waals surface area contributed by atoms with Gasteiger partial charge in [0.2, 0.25) is 5.91 Å². The van der Waals surface area contributed by atoms with E-state index in [2.05, 4.69) is 5.32 Å². The number of nitrogens with one attached hydrogen (secondary N) is 1. The van der Waals surface area contributed by atoms with Gasteiger partial charge in [0, 0.05) is 35.3 Å². The highest BCUT2D eigenvalue weighted by molar-refractivity contribution is 6.30. The third-order valence-electron chi connectivity index (χ3n) is 5.36. The standard InChI is InChI=1S/C24H27ClN2O4/c1-2-3-16-31-24(30)19-6-10-21(11-7-19)26-22(28)17-12-14-27(15-13-17)23(29)18-4-8-20(25)9-5-18/h4-11,17H,2-3,12-16H2,1H3,(H,26,28). The Morgan fingerprint density at radius 2 is 1.61 bits per heavy atom. The third kappa shape index (κ3) is 6.31. The van der Waals surface area contributed by atoms with Gasteiger partial charge in [0.05, 0.1) is 12.2 Å². The molecular weight excluding hydrogens is 416 g/mol. The van der Waals surface area contributed by atoms with Crippen molar-refractivity contribution < 1.29 is 19.1 Å². The van der Waals surface area contributed by atoms with Crippen molar-refractivity contribution >= 4 is 35.1 Å². The predicted molar refractivity (Wildman–Crippen MR) is 120 cm³/mol. The van der Waals surface area contributed by atoms with E-state index in [-0.39, 0.29) is 23.7 Å². The summed E-state index contributed by atoms with van der Waals surface area (Å²) in [6, 6.07) is 13.5. The fourth-order valence-corrected chi connectivity index (χ4v) is 3.57. The number of esters is 1. The van der Waals surface area contributed by atoms with Gasteiger partial charge in [0.1, 0.15) is 0 Å². The summed E-state index contributed by atoms with van der Waals surface area (Å²) >= 11 is 5.88. The second-order valence-electron chi connectivity index (χ2n) is 7.63. The average molecular weight is 443 g/mol. The first-order valence-corrected chi connectivity index (χ1v) is 11.0. The minimum Gasteiger partial charge on any atom is -0.462 e. The quantitative estimate of drug-likeness (QED) is 0.494. The number of hydrogen-bond acceptors (Lipinski definition) is 4. The summed E-state index contributed by atoms with van der Waals surface area (Å²) in [5.74, 6) is -0.634. The van der Waals surface area contributed by atoms with E-state index in [9.17, 15) is 14.4 Å². The summed E-state index contributed by atoms with van der Waals surface area (Å²) in [6.07, 6.45) is 3.01. The number of piperidine rings is 1. The Bertz CT molecular complexity index is 904. The van der Waals surface area contributed by atoms with Gasteiger partial charge in [-0.1, -0.05) is 24.9 Å². The van der Waals surface area contributed by atoms with Crippen molar-refractivity contribution in [1.82, 2.24) is 4.90 Å². The molecule has 0 aromatic heterocycles. The Labute approximate surface area is 187 Å². The van der Waals surface area contributed by atoms with Crippen LogP contribution in [0.2, 0.25) is 5.02 Å². The zero-order valence-corrected chi connectivity index (χ0v) is 18.4. The first kappa shape index (κ1) is 22.8. The summed E-state index contributed by atoms with van der Waals surface area (Å²) in [4.78, 5) is 38.9. The number of carbonyl (C=O) groups excluding carboxylic acids is 3. The number of benzene rings is 2. The van der Waals surface area contributed by atoms with Crippen LogP contribution in [0.4, 0.5) is 5.69 Å². The normalized spacial score (nSPS) is 14.2. The monoisotopic (exact) mass is 442 g/mol. The van der Waals surface area contributed by atoms with Gasteiger partial charge in [0.25, 0.3) is 5.91 Å². The second-order valence-corrected chi connectivity index (χ2v) is 8.07. The molecule has 1 saturated heterocycles. The number of hydrogen-bond donors (Lipinski definition) is 1. The van der Waals surface area contributed by atoms with Crippen LogP contribution in [0, 0.1) is 5.92 Å². The lowest BCUT2D eigenvalue weighted by Gasteiger charge is -2.31. The maximum absolute atomic E-state index is 12.6. The number of amides is 2. The molecule has 0 aliphatic carbocycles. The molecular formula is C24H27ClN2O4. The molecule has 0 unspecified atom stereocenters. The fourth-order valence-electron chi connectivity index (χ4n) is 3.45. The van der Waals surface area contributed by atoms with E-state index in [0.717, 1.165) is 12.8 Å². The van der Waals surface area contributed by atoms with Crippen molar-refractivity contribution in [2.75, 3.05) is 25.0 Å². The number of ether oxygens (including phenoxy) is 1. The Hall–Kier alpha value is -2.86. The van der Waals surface area contributed by atoms with Gasteiger partial charge in [-0.25, -0.2) is 4.79 Å². The molecule has 7 heteroatoms. The van der Waals surface area contributed by atoms with Crippen molar-refractivity contribution in [3.05, 3.63) is 64.7 Å². The first-order valence-electron chi connectivity index (χ1n) is 10.6. The van der Waals surface area contributed by atoms with Gasteiger partial charge in [0.15, 0.2) is 0 Å². The second kappa shape index (κ2) is 11.0. The largest absolute Gasteiger partial charge is 0.462 e. The molecule has 1 aliphatic heterocycles. The number of anilines is 1. The Morgan fingerprint density at radius 3 is 2.23 bits per heavy atom. The molecule has 2 aromatic rings. The SMILES string of the molecule is CCCCOC(=O)c1ccc(NC(=O)C2CCN(C(=O)c3ccc(Cl)cc3)CC2)cc1. The number of carbonyl (C=O) groups is 3. The van der Waals surface area contributed by atoms with Crippen molar-refractivity contribution in [3.63, 3.8) is 0 Å². The van der Waals surface area contributed by atoms with Crippen molar-refractivity contribution in [3.8, 4) is 0 Å². The van der Waals surface area contributed by atoms with E-state index in [1.54, 1.807) is 53.4 Å². The maximum Gasteiger partial charge on any atom is 0.338 e. The minimum absolute atomic E-state index is 0.0445. The molecule has 1 N–H and O–H groups in total. The van der Waals surface area contributed by atoms with Crippen LogP contribution < -0.4 is 5.32 Å². The fraction of sp³-hybridized carbons (Fsp3) is 0.375. The molecule has 0 bridgehead atoms. The first-order chi connectivity index (χ1) is 15.0. The summed E-state index contributed by atoms with van der Waals surface area (Å²) in [7, 11) is 0. The van der Waals surface area contributed by atoms with E-state index in [1.807, 2.05) is 6.92 Å². The van der Waals surface area contributed by atoms with Gasteiger partial charge < -0.3 is 15.0 Å². The summed E-state index contributed by atoms with van der Waals surface area (Å²) < 4.78 is 5.19. The van der Waals surface area contributed by atoms with Crippen LogP contribution in [-0.4, -0.2) is 42.4 Å². The van der Waals surface area contributed by atoms with E-state index in [0.29, 0.717) is 54.4 Å². The lowest BCUT2D eigenvalue weighted by molar-refractivity contribution is -0.121. The maximum atomic E-state index is 12.6. The van der Waals surface area contributed by atoms with Crippen LogP contribution in [0.25, 0.3) is 0 Å². The molecule has 0 saturated carbocycles. The Balaban J connectivity index is 1.48. The highest BCUT2D eigenvalue weighted by atomic mass is 35.5. The molecule has 1 fully saturated rings. The van der Waals surface area contributed by atoms with Gasteiger partial charge in [-0.05, 0) is 67.8 Å². The summed E-state index contributed by atoms with van der Waals surface area (Å²) in [6.45, 7) is 3.50. The molecule has 2 amide bonds. The number of nitrogens with zero attached hydrogens (tertiary/aromatic N) is 1. The molecule has 2 aromatic carbocycles. The Kier molecular flexibility index (Phi) is 8.06. The van der Waals surface area contributed by atoms with Crippen LogP contribution >= 0.6 is 11.6 Å². The van der Waals surface area contributed by atoms with E-state index in [4.69, 9.17) is 16.3 Å². The van der Waals surface area contributed by atoms with Crippen molar-refractivity contribution in [2.24, 2.45) is 5.92 Å². The summed E-state index contributed by atoms with van der Waals surface area (Å²) in [5, 5.41) is 3.49. The third-order valence-corrected chi connectivity index (χ3v) is 5.62. The Morgan fingerprint density at radius 1 is 1.00 bits per heavy atom. The van der Waals surface area contributed by atoms with E-state index < -0.39 is 0 Å². The van der Waals surface area contributed by atoms with Crippen LogP contribution in [0.3, 0.4) is 0 Å². The molecule has 0 atom stereocenters. The van der Waals surface area contributed by atoms with Crippen LogP contribution in [0.1, 0.15) is 53.3 Å². The van der Waals surface area contributed by atoms with Gasteiger partial charge in [-0.3, -0.25) is 9.59 Å². The topological polar surface area (TPSA) is 75.7 Å². The number of halogens is 1. The minimum atomic E-state index is -0.357. The van der Waals surface area contributed by atoms with Gasteiger partial charge in [-0.2, -0.15) is 0 Å². The molecule has 31 heavy (non-hydrogen) atoms. The zero-order chi connectivity index (χ0) is 22.2. The molecule has 164 valence electrons. The smallest absolute Gasteiger partial charge is 0.338 e. The molecule has 1 heterocycles. The highest BCUT2D eigenvalue weighted by Gasteiger charge is 2.28. The van der Waals surface area contributed by atoms with E-state index in [1.165, 1.54) is 0 Å². The summed E-state index contributed by atoms with van der Waals surface area (Å²) in [5.41, 5.74) is 1.69. The number of rotatable bonds is 7. The van der Waals surface area contributed by atoms with Crippen LogP contribution in [-0.2, 0) is 9.53 Å². The van der Waals surface area contributed by atoms with Gasteiger partial charge >= 0.3 is 5.97 Å². The number of likely N-dealkylation sites (tertiary alicyclic amines) is 1. The predicted octanol–water partition coefficient (Wildman–Crippen LogP) is 4.79. The molecule has 3 rings (SSSR count). The molecule has 1 aliphatic rings. The lowest BCUT2D eigenvalue weighted by atomic mass is 9.95. The average Bonchev–Trinajstić information content (AvgIpc) is 2.80. The van der Waals surface area contributed by atoms with Crippen LogP contribution in [0.5, 0.6) is 0 Å². The van der Waals surface area contributed by atoms with Gasteiger partial charge in [-0.15, -0.1) is 0 Å². The van der Waals surface area contributed by atoms with Crippen molar-refractivity contribution in [2.45, 2.75) is 32.6 Å². The van der Waals surface area contributed by atoms with Crippen LogP contribution in [0.15, 0.2) is 48.5 Å². The lowest BCUT2D eigenvalue weighted by Crippen LogP contribution is -2.41. The molecule has 0 spiro atoms. The molecule has 0 radical (unpaired) electrons.